The fraction of sp³-hybridized carbons (Fsp3) is 0.222. The number of nitrogens with zero attached hydrogens (tertiary/aromatic N) is 1. The molecule has 0 atom stereocenters. The number of hydrogen-bond acceptors (Lipinski definition) is 2. The summed E-state index contributed by atoms with van der Waals surface area (Å²) >= 11 is 0. The molecule has 0 heterocycles. The summed E-state index contributed by atoms with van der Waals surface area (Å²) < 4.78 is 26.6. The highest BCUT2D eigenvalue weighted by Crippen LogP contribution is 2.13. The van der Waals surface area contributed by atoms with Crippen molar-refractivity contribution in [1.29, 1.82) is 0 Å². The molecule has 0 saturated carbocycles. The molecule has 2 N–H and O–H groups in total. The van der Waals surface area contributed by atoms with Gasteiger partial charge in [-0.2, -0.15) is 0 Å². The average Bonchev–Trinajstić information content (AvgIpc) is 2.56. The molecule has 2 aromatic rings. The highest BCUT2D eigenvalue weighted by Gasteiger charge is 2.08. The van der Waals surface area contributed by atoms with Crippen molar-refractivity contribution < 1.29 is 18.4 Å². The third-order valence-electron chi connectivity index (χ3n) is 3.59. The monoisotopic (exact) mass is 347 g/mol. The molecule has 25 heavy (non-hydrogen) atoms. The van der Waals surface area contributed by atoms with Crippen molar-refractivity contribution in [2.24, 2.45) is 0 Å². The van der Waals surface area contributed by atoms with E-state index < -0.39 is 17.7 Å². The molecule has 0 aromatic heterocycles. The van der Waals surface area contributed by atoms with E-state index in [1.807, 2.05) is 6.07 Å². The molecule has 2 rings (SSSR count). The fourth-order valence-electron chi connectivity index (χ4n) is 2.16. The van der Waals surface area contributed by atoms with Gasteiger partial charge in [-0.05, 0) is 35.9 Å². The Labute approximate surface area is 144 Å². The SMILES string of the molecule is CC(=O)N(C)Cc1cccc(NC(=O)NCc2cc(F)ccc2F)c1. The number of halogens is 2. The molecule has 0 aliphatic heterocycles. The van der Waals surface area contributed by atoms with Gasteiger partial charge in [0.05, 0.1) is 0 Å². The maximum absolute atomic E-state index is 13.5. The molecular formula is C18H19F2N3O2. The first kappa shape index (κ1) is 18.4. The van der Waals surface area contributed by atoms with E-state index in [0.717, 1.165) is 23.8 Å². The summed E-state index contributed by atoms with van der Waals surface area (Å²) in [6, 6.07) is 9.55. The van der Waals surface area contributed by atoms with Crippen molar-refractivity contribution in [2.45, 2.75) is 20.0 Å². The topological polar surface area (TPSA) is 61.4 Å². The zero-order valence-electron chi connectivity index (χ0n) is 14.0. The smallest absolute Gasteiger partial charge is 0.319 e. The Bertz CT molecular complexity index is 781. The van der Waals surface area contributed by atoms with E-state index in [-0.39, 0.29) is 18.0 Å². The van der Waals surface area contributed by atoms with E-state index in [0.29, 0.717) is 12.2 Å². The van der Waals surface area contributed by atoms with Gasteiger partial charge in [0.25, 0.3) is 0 Å². The molecule has 0 spiro atoms. The number of nitrogens with one attached hydrogen (secondary N) is 2. The van der Waals surface area contributed by atoms with Crippen LogP contribution in [0.4, 0.5) is 19.3 Å². The van der Waals surface area contributed by atoms with Crippen molar-refractivity contribution in [3.05, 3.63) is 65.2 Å². The lowest BCUT2D eigenvalue weighted by Crippen LogP contribution is -2.28. The molecule has 0 radical (unpaired) electrons. The molecular weight excluding hydrogens is 328 g/mol. The van der Waals surface area contributed by atoms with E-state index in [2.05, 4.69) is 10.6 Å². The van der Waals surface area contributed by atoms with Crippen LogP contribution in [-0.4, -0.2) is 23.9 Å². The van der Waals surface area contributed by atoms with Gasteiger partial charge in [0.2, 0.25) is 5.91 Å². The van der Waals surface area contributed by atoms with E-state index in [1.54, 1.807) is 30.1 Å². The van der Waals surface area contributed by atoms with Crippen LogP contribution in [0.25, 0.3) is 0 Å². The quantitative estimate of drug-likeness (QED) is 0.872. The van der Waals surface area contributed by atoms with Crippen LogP contribution in [0.5, 0.6) is 0 Å². The third kappa shape index (κ3) is 5.56. The zero-order chi connectivity index (χ0) is 18.4. The predicted octanol–water partition coefficient (Wildman–Crippen LogP) is 3.26. The lowest BCUT2D eigenvalue weighted by atomic mass is 10.2. The second-order valence-corrected chi connectivity index (χ2v) is 5.62. The zero-order valence-corrected chi connectivity index (χ0v) is 14.0. The first-order chi connectivity index (χ1) is 11.8. The molecule has 132 valence electrons. The second kappa shape index (κ2) is 8.23. The van der Waals surface area contributed by atoms with E-state index in [9.17, 15) is 18.4 Å². The molecule has 2 aromatic carbocycles. The Hall–Kier alpha value is -2.96. The molecule has 7 heteroatoms. The second-order valence-electron chi connectivity index (χ2n) is 5.62. The standard InChI is InChI=1S/C18H19F2N3O2/c1-12(24)23(2)11-13-4-3-5-16(8-13)22-18(25)21-10-14-9-15(19)6-7-17(14)20/h3-9H,10-11H2,1-2H3,(H2,21,22,25). The fourth-order valence-corrected chi connectivity index (χ4v) is 2.16. The van der Waals surface area contributed by atoms with Crippen LogP contribution in [0, 0.1) is 11.6 Å². The van der Waals surface area contributed by atoms with Crippen molar-refractivity contribution in [3.8, 4) is 0 Å². The van der Waals surface area contributed by atoms with Crippen LogP contribution in [-0.2, 0) is 17.9 Å². The number of rotatable bonds is 5. The summed E-state index contributed by atoms with van der Waals surface area (Å²) in [5.41, 5.74) is 1.45. The minimum Gasteiger partial charge on any atom is -0.342 e. The number of carbonyl (C=O) groups excluding carboxylic acids is 2. The van der Waals surface area contributed by atoms with Crippen LogP contribution in [0.15, 0.2) is 42.5 Å². The van der Waals surface area contributed by atoms with Gasteiger partial charge < -0.3 is 15.5 Å². The van der Waals surface area contributed by atoms with Crippen molar-refractivity contribution >= 4 is 17.6 Å². The molecule has 0 unspecified atom stereocenters. The van der Waals surface area contributed by atoms with Crippen LogP contribution in [0.1, 0.15) is 18.1 Å². The summed E-state index contributed by atoms with van der Waals surface area (Å²) in [7, 11) is 1.68. The number of anilines is 1. The number of hydrogen-bond donors (Lipinski definition) is 2. The number of amides is 3. The van der Waals surface area contributed by atoms with Crippen molar-refractivity contribution in [1.82, 2.24) is 10.2 Å². The largest absolute Gasteiger partial charge is 0.342 e. The molecule has 3 amide bonds. The Kier molecular flexibility index (Phi) is 6.05. The van der Waals surface area contributed by atoms with Gasteiger partial charge in [0.15, 0.2) is 0 Å². The van der Waals surface area contributed by atoms with Gasteiger partial charge in [-0.1, -0.05) is 12.1 Å². The van der Waals surface area contributed by atoms with E-state index >= 15 is 0 Å². The van der Waals surface area contributed by atoms with Gasteiger partial charge in [-0.25, -0.2) is 13.6 Å². The maximum atomic E-state index is 13.5. The van der Waals surface area contributed by atoms with E-state index in [4.69, 9.17) is 0 Å². The summed E-state index contributed by atoms with van der Waals surface area (Å²) in [5, 5.41) is 5.09. The maximum Gasteiger partial charge on any atom is 0.319 e. The van der Waals surface area contributed by atoms with Gasteiger partial charge in [-0.3, -0.25) is 4.79 Å². The Morgan fingerprint density at radius 2 is 1.88 bits per heavy atom. The molecule has 0 bridgehead atoms. The number of benzene rings is 2. The first-order valence-corrected chi connectivity index (χ1v) is 7.64. The lowest BCUT2D eigenvalue weighted by molar-refractivity contribution is -0.128. The summed E-state index contributed by atoms with van der Waals surface area (Å²) in [5.74, 6) is -1.22. The van der Waals surface area contributed by atoms with Gasteiger partial charge in [-0.15, -0.1) is 0 Å². The molecule has 5 nitrogen and oxygen atoms in total. The van der Waals surface area contributed by atoms with Crippen LogP contribution < -0.4 is 10.6 Å². The van der Waals surface area contributed by atoms with Gasteiger partial charge in [0, 0.05) is 38.3 Å². The van der Waals surface area contributed by atoms with E-state index in [1.165, 1.54) is 6.92 Å². The molecule has 0 fully saturated rings. The predicted molar refractivity (Wildman–Crippen MR) is 90.8 cm³/mol. The number of urea groups is 1. The van der Waals surface area contributed by atoms with Crippen LogP contribution in [0.3, 0.4) is 0 Å². The highest BCUT2D eigenvalue weighted by atomic mass is 19.1. The summed E-state index contributed by atoms with van der Waals surface area (Å²) in [6.07, 6.45) is 0. The van der Waals surface area contributed by atoms with Crippen LogP contribution >= 0.6 is 0 Å². The Balaban J connectivity index is 1.94. The molecule has 0 aliphatic carbocycles. The van der Waals surface area contributed by atoms with Crippen LogP contribution in [0.2, 0.25) is 0 Å². The molecule has 0 aliphatic rings. The Morgan fingerprint density at radius 1 is 1.12 bits per heavy atom. The lowest BCUT2D eigenvalue weighted by Gasteiger charge is -2.15. The van der Waals surface area contributed by atoms with Crippen molar-refractivity contribution in [3.63, 3.8) is 0 Å². The van der Waals surface area contributed by atoms with Gasteiger partial charge in [0.1, 0.15) is 11.6 Å². The Morgan fingerprint density at radius 3 is 2.60 bits per heavy atom. The third-order valence-corrected chi connectivity index (χ3v) is 3.59. The minimum atomic E-state index is -0.587. The summed E-state index contributed by atoms with van der Waals surface area (Å²) in [6.45, 7) is 1.75. The normalized spacial score (nSPS) is 10.2. The summed E-state index contributed by atoms with van der Waals surface area (Å²) in [4.78, 5) is 24.7. The molecule has 0 saturated heterocycles. The average molecular weight is 347 g/mol. The van der Waals surface area contributed by atoms with Crippen molar-refractivity contribution in [2.75, 3.05) is 12.4 Å². The highest BCUT2D eigenvalue weighted by molar-refractivity contribution is 5.89. The number of carbonyl (C=O) groups is 2. The minimum absolute atomic E-state index is 0.0618. The first-order valence-electron chi connectivity index (χ1n) is 7.64. The van der Waals surface area contributed by atoms with Gasteiger partial charge >= 0.3 is 6.03 Å².